The van der Waals surface area contributed by atoms with Crippen molar-refractivity contribution in [3.05, 3.63) is 39.9 Å². The number of piperidine rings is 1. The normalized spacial score (nSPS) is 15.4. The average molecular weight is 392 g/mol. The predicted molar refractivity (Wildman–Crippen MR) is 99.8 cm³/mol. The summed E-state index contributed by atoms with van der Waals surface area (Å²) in [4.78, 5) is 48.1. The summed E-state index contributed by atoms with van der Waals surface area (Å²) in [7, 11) is 0. The fourth-order valence-corrected chi connectivity index (χ4v) is 2.85. The van der Waals surface area contributed by atoms with E-state index in [0.29, 0.717) is 32.5 Å². The van der Waals surface area contributed by atoms with Crippen LogP contribution in [0.15, 0.2) is 24.3 Å². The molecule has 2 rings (SSSR count). The topological polar surface area (TPSA) is 131 Å². The Kier molecular flexibility index (Phi) is 7.30. The molecule has 10 heteroatoms. The zero-order chi connectivity index (χ0) is 20.7. The molecule has 10 nitrogen and oxygen atoms in total. The van der Waals surface area contributed by atoms with E-state index in [-0.39, 0.29) is 29.3 Å². The second-order valence-electron chi connectivity index (χ2n) is 6.47. The first-order valence-corrected chi connectivity index (χ1v) is 9.09. The number of hydrogen-bond donors (Lipinski definition) is 2. The maximum atomic E-state index is 12.3. The van der Waals surface area contributed by atoms with Crippen molar-refractivity contribution in [1.29, 1.82) is 0 Å². The molecule has 28 heavy (non-hydrogen) atoms. The molecule has 1 aliphatic heterocycles. The third-order valence-corrected chi connectivity index (χ3v) is 4.43. The summed E-state index contributed by atoms with van der Waals surface area (Å²) in [6.07, 6.45) is 0.830. The van der Waals surface area contributed by atoms with Crippen molar-refractivity contribution in [1.82, 2.24) is 15.5 Å². The fourth-order valence-electron chi connectivity index (χ4n) is 2.85. The van der Waals surface area contributed by atoms with Crippen molar-refractivity contribution in [2.75, 3.05) is 19.7 Å². The molecule has 0 unspecified atom stereocenters. The number of carbonyl (C=O) groups excluding carboxylic acids is 3. The van der Waals surface area contributed by atoms with E-state index in [9.17, 15) is 24.5 Å². The van der Waals surface area contributed by atoms with Crippen LogP contribution in [0.25, 0.3) is 0 Å². The van der Waals surface area contributed by atoms with E-state index in [0.717, 1.165) is 6.07 Å². The second kappa shape index (κ2) is 9.67. The Morgan fingerprint density at radius 2 is 2.00 bits per heavy atom. The van der Waals surface area contributed by atoms with Crippen LogP contribution in [0.3, 0.4) is 0 Å². The number of ether oxygens (including phenoxy) is 1. The third kappa shape index (κ3) is 5.66. The second-order valence-corrected chi connectivity index (χ2v) is 6.47. The molecule has 0 radical (unpaired) electrons. The SMILES string of the molecule is CCOC(=O)N1CCC(NC(=O)[C@H](C)NC(=O)c2cccc([N+](=O)[O-])c2)CC1. The number of hydrogen-bond acceptors (Lipinski definition) is 6. The highest BCUT2D eigenvalue weighted by Gasteiger charge is 2.26. The average Bonchev–Trinajstić information content (AvgIpc) is 2.68. The maximum Gasteiger partial charge on any atom is 0.409 e. The van der Waals surface area contributed by atoms with Gasteiger partial charge in [0.2, 0.25) is 5.91 Å². The van der Waals surface area contributed by atoms with Crippen LogP contribution in [-0.4, -0.2) is 59.5 Å². The highest BCUT2D eigenvalue weighted by molar-refractivity contribution is 5.97. The van der Waals surface area contributed by atoms with Crippen LogP contribution in [0.4, 0.5) is 10.5 Å². The summed E-state index contributed by atoms with van der Waals surface area (Å²) in [5.74, 6) is -0.920. The van der Waals surface area contributed by atoms with E-state index in [2.05, 4.69) is 10.6 Å². The molecule has 0 aliphatic carbocycles. The number of rotatable bonds is 6. The van der Waals surface area contributed by atoms with E-state index < -0.39 is 16.9 Å². The minimum absolute atomic E-state index is 0.102. The molecule has 1 aromatic carbocycles. The smallest absolute Gasteiger partial charge is 0.409 e. The fraction of sp³-hybridized carbons (Fsp3) is 0.500. The monoisotopic (exact) mass is 392 g/mol. The molecular weight excluding hydrogens is 368 g/mol. The van der Waals surface area contributed by atoms with E-state index in [1.165, 1.54) is 18.2 Å². The Hall–Kier alpha value is -3.17. The first-order chi connectivity index (χ1) is 13.3. The molecule has 1 saturated heterocycles. The summed E-state index contributed by atoms with van der Waals surface area (Å²) < 4.78 is 4.95. The van der Waals surface area contributed by atoms with E-state index >= 15 is 0 Å². The number of likely N-dealkylation sites (tertiary alicyclic amines) is 1. The van der Waals surface area contributed by atoms with Gasteiger partial charge in [-0.1, -0.05) is 6.07 Å². The van der Waals surface area contributed by atoms with Gasteiger partial charge in [0.15, 0.2) is 0 Å². The van der Waals surface area contributed by atoms with Crippen LogP contribution in [0.5, 0.6) is 0 Å². The lowest BCUT2D eigenvalue weighted by atomic mass is 10.0. The Morgan fingerprint density at radius 1 is 1.32 bits per heavy atom. The highest BCUT2D eigenvalue weighted by atomic mass is 16.6. The molecule has 2 N–H and O–H groups in total. The molecule has 0 aromatic heterocycles. The van der Waals surface area contributed by atoms with Gasteiger partial charge in [0.25, 0.3) is 11.6 Å². The standard InChI is InChI=1S/C18H24N4O6/c1-3-28-18(25)21-9-7-14(8-10-21)20-16(23)12(2)19-17(24)13-5-4-6-15(11-13)22(26)27/h4-6,11-12,14H,3,7-10H2,1-2H3,(H,19,24)(H,20,23)/t12-/m0/s1. The van der Waals surface area contributed by atoms with Gasteiger partial charge in [-0.2, -0.15) is 0 Å². The van der Waals surface area contributed by atoms with Gasteiger partial charge in [-0.15, -0.1) is 0 Å². The van der Waals surface area contributed by atoms with Gasteiger partial charge >= 0.3 is 6.09 Å². The largest absolute Gasteiger partial charge is 0.450 e. The van der Waals surface area contributed by atoms with Crippen LogP contribution in [0, 0.1) is 10.1 Å². The Morgan fingerprint density at radius 3 is 2.61 bits per heavy atom. The lowest BCUT2D eigenvalue weighted by molar-refractivity contribution is -0.384. The van der Waals surface area contributed by atoms with Gasteiger partial charge in [0, 0.05) is 36.8 Å². The first kappa shape index (κ1) is 21.1. The van der Waals surface area contributed by atoms with Gasteiger partial charge in [-0.25, -0.2) is 4.79 Å². The van der Waals surface area contributed by atoms with Crippen LogP contribution in [-0.2, 0) is 9.53 Å². The zero-order valence-corrected chi connectivity index (χ0v) is 15.8. The summed E-state index contributed by atoms with van der Waals surface area (Å²) >= 11 is 0. The molecule has 1 heterocycles. The number of amides is 3. The first-order valence-electron chi connectivity index (χ1n) is 9.09. The molecule has 1 aromatic rings. The van der Waals surface area contributed by atoms with Crippen molar-refractivity contribution in [2.45, 2.75) is 38.8 Å². The Bertz CT molecular complexity index is 745. The molecule has 3 amide bonds. The molecular formula is C18H24N4O6. The van der Waals surface area contributed by atoms with Crippen LogP contribution in [0.2, 0.25) is 0 Å². The quantitative estimate of drug-likeness (QED) is 0.556. The van der Waals surface area contributed by atoms with Gasteiger partial charge in [0.05, 0.1) is 11.5 Å². The van der Waals surface area contributed by atoms with E-state index in [1.807, 2.05) is 0 Å². The lowest BCUT2D eigenvalue weighted by Gasteiger charge is -2.32. The molecule has 0 saturated carbocycles. The minimum atomic E-state index is -0.810. The van der Waals surface area contributed by atoms with Gasteiger partial charge in [-0.3, -0.25) is 19.7 Å². The number of nitro benzene ring substituents is 1. The summed E-state index contributed by atoms with van der Waals surface area (Å²) in [6, 6.07) is 4.39. The molecule has 152 valence electrons. The van der Waals surface area contributed by atoms with Crippen molar-refractivity contribution < 1.29 is 24.0 Å². The van der Waals surface area contributed by atoms with Crippen molar-refractivity contribution in [2.24, 2.45) is 0 Å². The summed E-state index contributed by atoms with van der Waals surface area (Å²) in [5, 5.41) is 16.2. The lowest BCUT2D eigenvalue weighted by Crippen LogP contribution is -2.51. The number of nitrogens with zero attached hydrogens (tertiary/aromatic N) is 2. The molecule has 1 atom stereocenters. The van der Waals surface area contributed by atoms with Gasteiger partial charge < -0.3 is 20.3 Å². The number of carbonyl (C=O) groups is 3. The molecule has 0 bridgehead atoms. The van der Waals surface area contributed by atoms with Crippen molar-refractivity contribution in [3.63, 3.8) is 0 Å². The van der Waals surface area contributed by atoms with E-state index in [1.54, 1.807) is 18.7 Å². The maximum absolute atomic E-state index is 12.3. The van der Waals surface area contributed by atoms with Crippen molar-refractivity contribution in [3.8, 4) is 0 Å². The Balaban J connectivity index is 1.83. The number of nitro groups is 1. The summed E-state index contributed by atoms with van der Waals surface area (Å²) in [6.45, 7) is 4.57. The van der Waals surface area contributed by atoms with Crippen LogP contribution < -0.4 is 10.6 Å². The third-order valence-electron chi connectivity index (χ3n) is 4.43. The number of benzene rings is 1. The van der Waals surface area contributed by atoms with E-state index in [4.69, 9.17) is 4.74 Å². The molecule has 1 fully saturated rings. The summed E-state index contributed by atoms with van der Waals surface area (Å²) in [5.41, 5.74) is -0.0882. The van der Waals surface area contributed by atoms with Crippen molar-refractivity contribution >= 4 is 23.6 Å². The Labute approximate surface area is 162 Å². The highest BCUT2D eigenvalue weighted by Crippen LogP contribution is 2.14. The minimum Gasteiger partial charge on any atom is -0.450 e. The molecule has 1 aliphatic rings. The number of nitrogens with one attached hydrogen (secondary N) is 2. The number of non-ortho nitro benzene ring substituents is 1. The zero-order valence-electron chi connectivity index (χ0n) is 15.8. The van der Waals surface area contributed by atoms with Crippen LogP contribution >= 0.6 is 0 Å². The molecule has 0 spiro atoms. The van der Waals surface area contributed by atoms with Gasteiger partial charge in [-0.05, 0) is 32.8 Å². The van der Waals surface area contributed by atoms with Crippen LogP contribution in [0.1, 0.15) is 37.0 Å². The predicted octanol–water partition coefficient (Wildman–Crippen LogP) is 1.45. The van der Waals surface area contributed by atoms with Gasteiger partial charge in [0.1, 0.15) is 6.04 Å².